The molecule has 0 aromatic heterocycles. The zero-order valence-corrected chi connectivity index (χ0v) is 11.6. The summed E-state index contributed by atoms with van der Waals surface area (Å²) in [6, 6.07) is 28.5. The summed E-state index contributed by atoms with van der Waals surface area (Å²) in [7, 11) is 0. The van der Waals surface area contributed by atoms with E-state index in [4.69, 9.17) is 0 Å². The summed E-state index contributed by atoms with van der Waals surface area (Å²) in [6.45, 7) is 0. The molecule has 0 atom stereocenters. The summed E-state index contributed by atoms with van der Waals surface area (Å²) in [5.41, 5.74) is 3.52. The fourth-order valence-corrected chi connectivity index (χ4v) is 3.55. The number of nitrogens with zero attached hydrogens (tertiary/aromatic N) is 1. The molecular weight excluding hydrogens is 262 g/mol. The summed E-state index contributed by atoms with van der Waals surface area (Å²) in [6.07, 6.45) is 0. The van der Waals surface area contributed by atoms with Crippen molar-refractivity contribution in [2.45, 2.75) is 9.79 Å². The standard InChI is InChI=1S/C18H12NS/c1-2-8-14(9-3-1)19-15-10-4-6-12-17(15)20-18-13-7-5-11-16(18)19/h1-8,10-13H. The first-order valence-electron chi connectivity index (χ1n) is 6.56. The lowest BCUT2D eigenvalue weighted by Crippen LogP contribution is -2.14. The summed E-state index contributed by atoms with van der Waals surface area (Å²) < 4.78 is 0. The van der Waals surface area contributed by atoms with Crippen LogP contribution in [0.5, 0.6) is 0 Å². The molecule has 0 aliphatic carbocycles. The number of anilines is 3. The zero-order chi connectivity index (χ0) is 13.4. The first kappa shape index (κ1) is 11.6. The molecule has 1 nitrogen and oxygen atoms in total. The number of rotatable bonds is 1. The van der Waals surface area contributed by atoms with Gasteiger partial charge >= 0.3 is 0 Å². The van der Waals surface area contributed by atoms with Crippen LogP contribution in [0, 0.1) is 6.07 Å². The van der Waals surface area contributed by atoms with Gasteiger partial charge in [-0.15, -0.1) is 0 Å². The molecule has 1 aliphatic heterocycles. The van der Waals surface area contributed by atoms with Crippen LogP contribution in [0.1, 0.15) is 0 Å². The van der Waals surface area contributed by atoms with Crippen molar-refractivity contribution in [3.05, 3.63) is 78.9 Å². The van der Waals surface area contributed by atoms with Crippen LogP contribution < -0.4 is 4.90 Å². The van der Waals surface area contributed by atoms with E-state index in [2.05, 4.69) is 71.6 Å². The fraction of sp³-hybridized carbons (Fsp3) is 0. The second kappa shape index (κ2) is 4.73. The van der Waals surface area contributed by atoms with Gasteiger partial charge in [-0.3, -0.25) is 0 Å². The molecule has 3 aromatic rings. The van der Waals surface area contributed by atoms with Gasteiger partial charge in [0.05, 0.1) is 17.1 Å². The number of hydrogen-bond donors (Lipinski definition) is 0. The topological polar surface area (TPSA) is 3.24 Å². The third kappa shape index (κ3) is 1.81. The average molecular weight is 274 g/mol. The molecule has 2 heteroatoms. The number of fused-ring (bicyclic) bond motifs is 2. The summed E-state index contributed by atoms with van der Waals surface area (Å²) in [4.78, 5) is 4.84. The number of benzene rings is 3. The lowest BCUT2D eigenvalue weighted by atomic mass is 10.2. The van der Waals surface area contributed by atoms with Gasteiger partial charge in [0.2, 0.25) is 0 Å². The van der Waals surface area contributed by atoms with Gasteiger partial charge in [-0.25, -0.2) is 0 Å². The molecule has 1 radical (unpaired) electrons. The van der Waals surface area contributed by atoms with Crippen LogP contribution in [-0.4, -0.2) is 0 Å². The maximum absolute atomic E-state index is 3.34. The van der Waals surface area contributed by atoms with Crippen LogP contribution in [0.4, 0.5) is 17.1 Å². The SMILES string of the molecule is [c]1ccccc1N1c2ccccc2Sc2ccccc21. The Kier molecular flexibility index (Phi) is 2.75. The summed E-state index contributed by atoms with van der Waals surface area (Å²) in [5, 5.41) is 0. The van der Waals surface area contributed by atoms with Crippen LogP contribution in [0.15, 0.2) is 82.6 Å². The van der Waals surface area contributed by atoms with E-state index in [1.807, 2.05) is 23.9 Å². The predicted molar refractivity (Wildman–Crippen MR) is 84.1 cm³/mol. The highest BCUT2D eigenvalue weighted by atomic mass is 32.2. The summed E-state index contributed by atoms with van der Waals surface area (Å²) in [5.74, 6) is 0. The number of hydrogen-bond acceptors (Lipinski definition) is 2. The van der Waals surface area contributed by atoms with Gasteiger partial charge < -0.3 is 4.90 Å². The van der Waals surface area contributed by atoms with Crippen LogP contribution in [0.25, 0.3) is 0 Å². The molecule has 20 heavy (non-hydrogen) atoms. The maximum atomic E-state index is 3.34. The van der Waals surface area contributed by atoms with E-state index in [0.717, 1.165) is 5.69 Å². The molecule has 0 unspecified atom stereocenters. The Balaban J connectivity index is 1.98. The van der Waals surface area contributed by atoms with E-state index in [1.54, 1.807) is 0 Å². The molecule has 1 heterocycles. The number of para-hydroxylation sites is 3. The highest BCUT2D eigenvalue weighted by Crippen LogP contribution is 2.50. The van der Waals surface area contributed by atoms with Crippen LogP contribution in [0.3, 0.4) is 0 Å². The van der Waals surface area contributed by atoms with Crippen molar-refractivity contribution in [1.29, 1.82) is 0 Å². The Labute approximate surface area is 122 Å². The lowest BCUT2D eigenvalue weighted by Gasteiger charge is -2.32. The van der Waals surface area contributed by atoms with Gasteiger partial charge in [0.15, 0.2) is 0 Å². The Morgan fingerprint density at radius 1 is 0.700 bits per heavy atom. The molecule has 0 N–H and O–H groups in total. The third-order valence-corrected chi connectivity index (χ3v) is 4.50. The average Bonchev–Trinajstić information content (AvgIpc) is 2.53. The van der Waals surface area contributed by atoms with Gasteiger partial charge in [-0.2, -0.15) is 0 Å². The lowest BCUT2D eigenvalue weighted by molar-refractivity contribution is 1.16. The Hall–Kier alpha value is -2.19. The monoisotopic (exact) mass is 274 g/mol. The minimum Gasteiger partial charge on any atom is -0.308 e. The predicted octanol–water partition coefficient (Wildman–Crippen LogP) is 5.42. The molecule has 0 spiro atoms. The van der Waals surface area contributed by atoms with E-state index in [-0.39, 0.29) is 0 Å². The second-order valence-corrected chi connectivity index (χ2v) is 5.70. The zero-order valence-electron chi connectivity index (χ0n) is 10.8. The van der Waals surface area contributed by atoms with Gasteiger partial charge in [0, 0.05) is 15.9 Å². The molecule has 95 valence electrons. The fourth-order valence-electron chi connectivity index (χ4n) is 2.49. The Morgan fingerprint density at radius 2 is 1.30 bits per heavy atom. The molecule has 3 aromatic carbocycles. The third-order valence-electron chi connectivity index (χ3n) is 3.37. The smallest absolute Gasteiger partial charge is 0.0601 e. The highest BCUT2D eigenvalue weighted by molar-refractivity contribution is 7.99. The van der Waals surface area contributed by atoms with E-state index in [9.17, 15) is 0 Å². The summed E-state index contributed by atoms with van der Waals surface area (Å²) >= 11 is 1.83. The Morgan fingerprint density at radius 3 is 1.90 bits per heavy atom. The molecule has 4 rings (SSSR count). The first-order valence-corrected chi connectivity index (χ1v) is 7.38. The molecular formula is C18H12NS. The van der Waals surface area contributed by atoms with Crippen molar-refractivity contribution in [3.63, 3.8) is 0 Å². The highest BCUT2D eigenvalue weighted by Gasteiger charge is 2.23. The van der Waals surface area contributed by atoms with Crippen molar-refractivity contribution in [3.8, 4) is 0 Å². The second-order valence-electron chi connectivity index (χ2n) is 4.62. The van der Waals surface area contributed by atoms with Crippen molar-refractivity contribution >= 4 is 28.8 Å². The molecule has 0 fully saturated rings. The van der Waals surface area contributed by atoms with Crippen molar-refractivity contribution in [2.75, 3.05) is 4.90 Å². The van der Waals surface area contributed by atoms with E-state index in [0.29, 0.717) is 0 Å². The molecule has 1 aliphatic rings. The van der Waals surface area contributed by atoms with E-state index in [1.165, 1.54) is 21.2 Å². The van der Waals surface area contributed by atoms with Gasteiger partial charge in [-0.05, 0) is 30.3 Å². The normalized spacial score (nSPS) is 12.7. The van der Waals surface area contributed by atoms with Crippen molar-refractivity contribution in [2.24, 2.45) is 0 Å². The minimum absolute atomic E-state index is 1.08. The van der Waals surface area contributed by atoms with Gasteiger partial charge in [0.1, 0.15) is 0 Å². The molecule has 0 saturated heterocycles. The molecule has 0 saturated carbocycles. The maximum Gasteiger partial charge on any atom is 0.0601 e. The van der Waals surface area contributed by atoms with Crippen molar-refractivity contribution in [1.82, 2.24) is 0 Å². The van der Waals surface area contributed by atoms with Crippen LogP contribution >= 0.6 is 11.8 Å². The van der Waals surface area contributed by atoms with Crippen molar-refractivity contribution < 1.29 is 0 Å². The molecule has 0 bridgehead atoms. The van der Waals surface area contributed by atoms with Crippen LogP contribution in [0.2, 0.25) is 0 Å². The molecule has 0 amide bonds. The Bertz CT molecular complexity index is 707. The largest absolute Gasteiger partial charge is 0.308 e. The minimum atomic E-state index is 1.08. The first-order chi connectivity index (χ1) is 9.93. The quantitative estimate of drug-likeness (QED) is 0.456. The van der Waals surface area contributed by atoms with E-state index >= 15 is 0 Å². The van der Waals surface area contributed by atoms with E-state index < -0.39 is 0 Å². The van der Waals surface area contributed by atoms with Crippen LogP contribution in [-0.2, 0) is 0 Å². The van der Waals surface area contributed by atoms with Gasteiger partial charge in [0.25, 0.3) is 0 Å². The van der Waals surface area contributed by atoms with Gasteiger partial charge in [-0.1, -0.05) is 54.2 Å².